The van der Waals surface area contributed by atoms with Crippen LogP contribution in [0.15, 0.2) is 24.4 Å². The van der Waals surface area contributed by atoms with E-state index >= 15 is 0 Å². The Morgan fingerprint density at radius 3 is 3.00 bits per heavy atom. The van der Waals surface area contributed by atoms with Crippen molar-refractivity contribution in [3.63, 3.8) is 0 Å². The number of nitriles is 1. The monoisotopic (exact) mass is 433 g/mol. The molecule has 2 aromatic rings. The number of methoxy groups -OCH3 is 1. The zero-order valence-electron chi connectivity index (χ0n) is 18.6. The minimum absolute atomic E-state index is 0.0228. The molecule has 0 aromatic carbocycles. The van der Waals surface area contributed by atoms with E-state index in [1.807, 2.05) is 26.0 Å². The van der Waals surface area contributed by atoms with Crippen molar-refractivity contribution in [2.45, 2.75) is 32.8 Å². The van der Waals surface area contributed by atoms with Gasteiger partial charge >= 0.3 is 0 Å². The molecule has 8 nitrogen and oxygen atoms in total. The highest BCUT2D eigenvalue weighted by Crippen LogP contribution is 2.34. The summed E-state index contributed by atoms with van der Waals surface area (Å²) in [6.07, 6.45) is 4.64. The molecule has 0 unspecified atom stereocenters. The lowest BCUT2D eigenvalue weighted by molar-refractivity contribution is -0.0124. The van der Waals surface area contributed by atoms with Gasteiger partial charge in [-0.2, -0.15) is 5.26 Å². The molecule has 1 N–H and O–H groups in total. The SMILES string of the molecule is CCNc1cc(Cc2ncc(C(=O)N3CCO[C@H](C)C3)cc2OC)nc2c1C(C#N)=CC2. The van der Waals surface area contributed by atoms with Crippen LogP contribution in [0, 0.1) is 11.3 Å². The summed E-state index contributed by atoms with van der Waals surface area (Å²) < 4.78 is 11.1. The summed E-state index contributed by atoms with van der Waals surface area (Å²) in [5.74, 6) is 0.484. The first-order valence-corrected chi connectivity index (χ1v) is 10.8. The maximum Gasteiger partial charge on any atom is 0.255 e. The highest BCUT2D eigenvalue weighted by atomic mass is 16.5. The molecular formula is C24H27N5O3. The van der Waals surface area contributed by atoms with E-state index in [1.54, 1.807) is 24.3 Å². The van der Waals surface area contributed by atoms with E-state index in [1.165, 1.54) is 0 Å². The van der Waals surface area contributed by atoms with E-state index in [-0.39, 0.29) is 12.0 Å². The highest BCUT2D eigenvalue weighted by molar-refractivity contribution is 5.94. The van der Waals surface area contributed by atoms with Gasteiger partial charge in [0, 0.05) is 55.6 Å². The van der Waals surface area contributed by atoms with E-state index in [4.69, 9.17) is 14.5 Å². The largest absolute Gasteiger partial charge is 0.495 e. The molecule has 1 atom stereocenters. The van der Waals surface area contributed by atoms with Crippen molar-refractivity contribution in [2.24, 2.45) is 0 Å². The quantitative estimate of drug-likeness (QED) is 0.748. The van der Waals surface area contributed by atoms with E-state index in [0.717, 1.165) is 29.2 Å². The van der Waals surface area contributed by atoms with Gasteiger partial charge in [0.15, 0.2) is 0 Å². The molecule has 0 bridgehead atoms. The van der Waals surface area contributed by atoms with Crippen LogP contribution in [0.1, 0.15) is 46.9 Å². The number of amides is 1. The fourth-order valence-corrected chi connectivity index (χ4v) is 4.18. The third-order valence-electron chi connectivity index (χ3n) is 5.68. The van der Waals surface area contributed by atoms with Crippen LogP contribution < -0.4 is 10.1 Å². The zero-order chi connectivity index (χ0) is 22.7. The number of allylic oxidation sites excluding steroid dienone is 2. The molecule has 1 aliphatic heterocycles. The number of nitrogens with zero attached hydrogens (tertiary/aromatic N) is 4. The maximum atomic E-state index is 12.9. The van der Waals surface area contributed by atoms with Crippen LogP contribution in [0.3, 0.4) is 0 Å². The predicted octanol–water partition coefficient (Wildman–Crippen LogP) is 2.83. The molecule has 1 aliphatic carbocycles. The van der Waals surface area contributed by atoms with Gasteiger partial charge in [-0.25, -0.2) is 0 Å². The van der Waals surface area contributed by atoms with Crippen LogP contribution in [-0.4, -0.2) is 60.2 Å². The Hall–Kier alpha value is -3.44. The van der Waals surface area contributed by atoms with E-state index < -0.39 is 0 Å². The van der Waals surface area contributed by atoms with Gasteiger partial charge < -0.3 is 19.7 Å². The van der Waals surface area contributed by atoms with E-state index in [0.29, 0.717) is 55.1 Å². The van der Waals surface area contributed by atoms with Crippen molar-refractivity contribution in [3.8, 4) is 11.8 Å². The molecule has 3 heterocycles. The molecule has 2 aliphatic rings. The summed E-state index contributed by atoms with van der Waals surface area (Å²) in [7, 11) is 1.58. The van der Waals surface area contributed by atoms with Gasteiger partial charge in [0.1, 0.15) is 5.75 Å². The van der Waals surface area contributed by atoms with Gasteiger partial charge in [0.05, 0.1) is 48.4 Å². The number of anilines is 1. The minimum Gasteiger partial charge on any atom is -0.495 e. The van der Waals surface area contributed by atoms with Gasteiger partial charge in [-0.05, 0) is 26.0 Å². The van der Waals surface area contributed by atoms with Crippen molar-refractivity contribution >= 4 is 17.2 Å². The van der Waals surface area contributed by atoms with Crippen LogP contribution in [0.5, 0.6) is 5.75 Å². The van der Waals surface area contributed by atoms with Crippen LogP contribution >= 0.6 is 0 Å². The van der Waals surface area contributed by atoms with Gasteiger partial charge in [0.2, 0.25) is 0 Å². The number of fused-ring (bicyclic) bond motifs is 1. The summed E-state index contributed by atoms with van der Waals surface area (Å²) in [6.45, 7) is 6.39. The van der Waals surface area contributed by atoms with Gasteiger partial charge in [0.25, 0.3) is 5.91 Å². The van der Waals surface area contributed by atoms with Crippen molar-refractivity contribution in [1.82, 2.24) is 14.9 Å². The second kappa shape index (κ2) is 9.37. The van der Waals surface area contributed by atoms with Crippen molar-refractivity contribution in [1.29, 1.82) is 5.26 Å². The molecule has 0 saturated carbocycles. The number of pyridine rings is 2. The summed E-state index contributed by atoms with van der Waals surface area (Å²) >= 11 is 0. The van der Waals surface area contributed by atoms with Crippen LogP contribution in [0.4, 0.5) is 5.69 Å². The van der Waals surface area contributed by atoms with E-state index in [2.05, 4.69) is 16.4 Å². The number of morpholine rings is 1. The Bertz CT molecular complexity index is 1110. The Morgan fingerprint density at radius 1 is 1.44 bits per heavy atom. The second-order valence-electron chi connectivity index (χ2n) is 7.93. The number of nitrogens with one attached hydrogen (secondary N) is 1. The number of aromatic nitrogens is 2. The van der Waals surface area contributed by atoms with Crippen molar-refractivity contribution in [3.05, 3.63) is 52.6 Å². The zero-order valence-corrected chi connectivity index (χ0v) is 18.6. The average Bonchev–Trinajstić information content (AvgIpc) is 3.22. The van der Waals surface area contributed by atoms with Crippen LogP contribution in [0.25, 0.3) is 5.57 Å². The van der Waals surface area contributed by atoms with E-state index in [9.17, 15) is 10.1 Å². The number of rotatable bonds is 6. The normalized spacial score (nSPS) is 17.4. The summed E-state index contributed by atoms with van der Waals surface area (Å²) in [5, 5.41) is 12.8. The van der Waals surface area contributed by atoms with Crippen LogP contribution in [-0.2, 0) is 17.6 Å². The second-order valence-corrected chi connectivity index (χ2v) is 7.93. The van der Waals surface area contributed by atoms with Crippen molar-refractivity contribution in [2.75, 3.05) is 38.7 Å². The molecule has 2 aromatic heterocycles. The highest BCUT2D eigenvalue weighted by Gasteiger charge is 2.24. The summed E-state index contributed by atoms with van der Waals surface area (Å²) in [4.78, 5) is 24.0. The smallest absolute Gasteiger partial charge is 0.255 e. The molecular weight excluding hydrogens is 406 g/mol. The summed E-state index contributed by atoms with van der Waals surface area (Å²) in [5.41, 5.74) is 5.38. The lowest BCUT2D eigenvalue weighted by atomic mass is 10.0. The Morgan fingerprint density at radius 2 is 2.28 bits per heavy atom. The summed E-state index contributed by atoms with van der Waals surface area (Å²) in [6, 6.07) is 5.97. The third-order valence-corrected chi connectivity index (χ3v) is 5.68. The van der Waals surface area contributed by atoms with Crippen LogP contribution in [0.2, 0.25) is 0 Å². The lowest BCUT2D eigenvalue weighted by Gasteiger charge is -2.31. The first-order valence-electron chi connectivity index (χ1n) is 10.8. The Labute approximate surface area is 187 Å². The minimum atomic E-state index is -0.0716. The third kappa shape index (κ3) is 4.30. The molecule has 0 spiro atoms. The molecule has 8 heteroatoms. The molecule has 32 heavy (non-hydrogen) atoms. The maximum absolute atomic E-state index is 12.9. The molecule has 1 fully saturated rings. The fraction of sp³-hybridized carbons (Fsp3) is 0.417. The number of carbonyl (C=O) groups is 1. The number of carbonyl (C=O) groups excluding carboxylic acids is 1. The molecule has 0 radical (unpaired) electrons. The standard InChI is InChI=1S/C24H27N5O3/c1-4-26-21-11-18(28-19-6-5-16(12-25)23(19)21)10-20-22(31-3)9-17(13-27-20)24(30)29-7-8-32-15(2)14-29/h5,9,11,13,15H,4,6-8,10,14H2,1-3H3,(H,26,28)/t15-/m1/s1. The molecule has 1 amide bonds. The number of hydrogen-bond donors (Lipinski definition) is 1. The Kier molecular flexibility index (Phi) is 6.37. The number of hydrogen-bond acceptors (Lipinski definition) is 7. The fourth-order valence-electron chi connectivity index (χ4n) is 4.18. The Balaban J connectivity index is 1.59. The first kappa shape index (κ1) is 21.8. The first-order chi connectivity index (χ1) is 15.5. The average molecular weight is 434 g/mol. The molecule has 1 saturated heterocycles. The van der Waals surface area contributed by atoms with Gasteiger partial charge in [-0.1, -0.05) is 6.08 Å². The van der Waals surface area contributed by atoms with Gasteiger partial charge in [-0.15, -0.1) is 0 Å². The predicted molar refractivity (Wildman–Crippen MR) is 121 cm³/mol. The lowest BCUT2D eigenvalue weighted by Crippen LogP contribution is -2.44. The molecule has 166 valence electrons. The van der Waals surface area contributed by atoms with Crippen molar-refractivity contribution < 1.29 is 14.3 Å². The van der Waals surface area contributed by atoms with Gasteiger partial charge in [-0.3, -0.25) is 14.8 Å². The topological polar surface area (TPSA) is 100 Å². The number of ether oxygens (including phenoxy) is 2. The molecule has 4 rings (SSSR count).